The third-order valence-electron chi connectivity index (χ3n) is 3.98. The van der Waals surface area contributed by atoms with Crippen LogP contribution in [0.25, 0.3) is 21.5 Å². The van der Waals surface area contributed by atoms with E-state index in [1.54, 1.807) is 12.1 Å². The van der Waals surface area contributed by atoms with Crippen molar-refractivity contribution < 1.29 is 19.8 Å². The molecule has 0 unspecified atom stereocenters. The van der Waals surface area contributed by atoms with E-state index in [0.29, 0.717) is 0 Å². The Labute approximate surface area is 124 Å². The van der Waals surface area contributed by atoms with Crippen molar-refractivity contribution >= 4 is 33.1 Å². The minimum Gasteiger partial charge on any atom is -0.501 e. The van der Waals surface area contributed by atoms with Gasteiger partial charge >= 0.3 is 0 Å². The van der Waals surface area contributed by atoms with Gasteiger partial charge in [0.15, 0.2) is 0 Å². The molecule has 0 fully saturated rings. The van der Waals surface area contributed by atoms with Crippen LogP contribution in [-0.4, -0.2) is 21.8 Å². The van der Waals surface area contributed by atoms with E-state index in [-0.39, 0.29) is 11.1 Å². The number of hydrogen-bond acceptors (Lipinski definition) is 4. The van der Waals surface area contributed by atoms with Crippen molar-refractivity contribution in [3.8, 4) is 0 Å². The number of hydrogen-bond donors (Lipinski definition) is 2. The number of carbonyl (C=O) groups is 2. The number of fused-ring (bicyclic) bond motifs is 3. The molecule has 4 heteroatoms. The highest BCUT2D eigenvalue weighted by Gasteiger charge is 2.32. The van der Waals surface area contributed by atoms with E-state index >= 15 is 0 Å². The molecule has 1 aliphatic rings. The molecule has 3 aromatic carbocycles. The summed E-state index contributed by atoms with van der Waals surface area (Å²) >= 11 is 0. The molecule has 0 atom stereocenters. The van der Waals surface area contributed by atoms with Gasteiger partial charge in [-0.3, -0.25) is 9.59 Å². The molecular formula is C18H10O4. The Morgan fingerprint density at radius 1 is 0.591 bits per heavy atom. The van der Waals surface area contributed by atoms with Crippen molar-refractivity contribution in [2.24, 2.45) is 0 Å². The predicted octanol–water partition coefficient (Wildman–Crippen LogP) is 3.70. The molecular weight excluding hydrogens is 280 g/mol. The van der Waals surface area contributed by atoms with Crippen LogP contribution in [0.3, 0.4) is 0 Å². The van der Waals surface area contributed by atoms with Crippen LogP contribution in [0.2, 0.25) is 0 Å². The average molecular weight is 290 g/mol. The SMILES string of the molecule is O=C1C(O)=C(O)C(=O)c2cc3cc4ccccc4cc3cc21. The molecule has 4 rings (SSSR count). The number of ketones is 2. The lowest BCUT2D eigenvalue weighted by Gasteiger charge is -2.15. The van der Waals surface area contributed by atoms with E-state index in [4.69, 9.17) is 0 Å². The Morgan fingerprint density at radius 3 is 1.41 bits per heavy atom. The zero-order valence-corrected chi connectivity index (χ0v) is 11.3. The normalized spacial score (nSPS) is 14.7. The Kier molecular flexibility index (Phi) is 2.39. The Hall–Kier alpha value is -3.14. The fraction of sp³-hybridized carbons (Fsp3) is 0. The van der Waals surface area contributed by atoms with Gasteiger partial charge in [-0.05, 0) is 45.8 Å². The minimum absolute atomic E-state index is 0.114. The van der Waals surface area contributed by atoms with Gasteiger partial charge in [0.1, 0.15) is 0 Å². The molecule has 0 spiro atoms. The topological polar surface area (TPSA) is 74.6 Å². The summed E-state index contributed by atoms with van der Waals surface area (Å²) in [6, 6.07) is 14.8. The van der Waals surface area contributed by atoms with Gasteiger partial charge in [-0.25, -0.2) is 0 Å². The van der Waals surface area contributed by atoms with Crippen LogP contribution < -0.4 is 0 Å². The van der Waals surface area contributed by atoms with Gasteiger partial charge in [0.2, 0.25) is 23.1 Å². The lowest BCUT2D eigenvalue weighted by Crippen LogP contribution is -2.21. The molecule has 0 saturated heterocycles. The third-order valence-corrected chi connectivity index (χ3v) is 3.98. The Balaban J connectivity index is 2.08. The first-order valence-electron chi connectivity index (χ1n) is 6.74. The van der Waals surface area contributed by atoms with Crippen molar-refractivity contribution in [2.75, 3.05) is 0 Å². The van der Waals surface area contributed by atoms with E-state index in [0.717, 1.165) is 21.5 Å². The van der Waals surface area contributed by atoms with E-state index in [1.165, 1.54) is 0 Å². The molecule has 0 radical (unpaired) electrons. The van der Waals surface area contributed by atoms with E-state index < -0.39 is 23.1 Å². The summed E-state index contributed by atoms with van der Waals surface area (Å²) in [6.45, 7) is 0. The quantitative estimate of drug-likeness (QED) is 0.619. The molecule has 0 bridgehead atoms. The molecule has 0 heterocycles. The number of aliphatic hydroxyl groups is 2. The van der Waals surface area contributed by atoms with E-state index in [1.807, 2.05) is 36.4 Å². The lowest BCUT2D eigenvalue weighted by molar-refractivity contribution is 0.0881. The van der Waals surface area contributed by atoms with Crippen molar-refractivity contribution in [1.29, 1.82) is 0 Å². The molecule has 0 amide bonds. The van der Waals surface area contributed by atoms with Gasteiger partial charge in [-0.1, -0.05) is 24.3 Å². The Bertz CT molecular complexity index is 946. The summed E-state index contributed by atoms with van der Waals surface area (Å²) in [5.74, 6) is -3.25. The summed E-state index contributed by atoms with van der Waals surface area (Å²) in [6.07, 6.45) is 0. The number of carbonyl (C=O) groups excluding carboxylic acids is 2. The highest BCUT2D eigenvalue weighted by Crippen LogP contribution is 2.30. The van der Waals surface area contributed by atoms with E-state index in [2.05, 4.69) is 0 Å². The summed E-state index contributed by atoms with van der Waals surface area (Å²) in [4.78, 5) is 24.1. The molecule has 0 aromatic heterocycles. The fourth-order valence-corrected chi connectivity index (χ4v) is 2.84. The second kappa shape index (κ2) is 4.18. The van der Waals surface area contributed by atoms with Crippen LogP contribution >= 0.6 is 0 Å². The highest BCUT2D eigenvalue weighted by molar-refractivity contribution is 6.26. The summed E-state index contributed by atoms with van der Waals surface area (Å²) in [5, 5.41) is 22.8. The first-order valence-corrected chi connectivity index (χ1v) is 6.74. The zero-order valence-electron chi connectivity index (χ0n) is 11.3. The second-order valence-corrected chi connectivity index (χ2v) is 5.30. The predicted molar refractivity (Wildman–Crippen MR) is 82.4 cm³/mol. The largest absolute Gasteiger partial charge is 0.501 e. The molecule has 106 valence electrons. The van der Waals surface area contributed by atoms with Gasteiger partial charge in [0.25, 0.3) is 0 Å². The summed E-state index contributed by atoms with van der Waals surface area (Å²) in [5.41, 5.74) is 0.228. The summed E-state index contributed by atoms with van der Waals surface area (Å²) < 4.78 is 0. The summed E-state index contributed by atoms with van der Waals surface area (Å²) in [7, 11) is 0. The molecule has 4 nitrogen and oxygen atoms in total. The van der Waals surface area contributed by atoms with Crippen LogP contribution in [0.1, 0.15) is 20.7 Å². The second-order valence-electron chi connectivity index (χ2n) is 5.30. The molecule has 0 aliphatic heterocycles. The smallest absolute Gasteiger partial charge is 0.232 e. The average Bonchev–Trinajstić information content (AvgIpc) is 2.55. The maximum Gasteiger partial charge on any atom is 0.232 e. The maximum absolute atomic E-state index is 12.1. The molecule has 22 heavy (non-hydrogen) atoms. The number of benzene rings is 3. The van der Waals surface area contributed by atoms with Gasteiger partial charge < -0.3 is 10.2 Å². The van der Waals surface area contributed by atoms with Gasteiger partial charge in [0.05, 0.1) is 0 Å². The van der Waals surface area contributed by atoms with Crippen LogP contribution in [0.4, 0.5) is 0 Å². The Morgan fingerprint density at radius 2 is 1.00 bits per heavy atom. The number of Topliss-reactive ketones (excluding diaryl/α,β-unsaturated/α-hetero) is 2. The van der Waals surface area contributed by atoms with Crippen molar-refractivity contribution in [3.63, 3.8) is 0 Å². The molecule has 3 aromatic rings. The van der Waals surface area contributed by atoms with Crippen molar-refractivity contribution in [1.82, 2.24) is 0 Å². The number of allylic oxidation sites excluding steroid dienone is 2. The van der Waals surface area contributed by atoms with Crippen molar-refractivity contribution in [3.05, 3.63) is 71.2 Å². The van der Waals surface area contributed by atoms with E-state index in [9.17, 15) is 19.8 Å². The minimum atomic E-state index is -0.891. The highest BCUT2D eigenvalue weighted by atomic mass is 16.3. The standard InChI is InChI=1S/C18H10O4/c19-15-13-7-11-5-9-3-1-2-4-10(9)6-12(11)8-14(13)16(20)18(22)17(15)21/h1-8,21-22H. The van der Waals surface area contributed by atoms with Crippen LogP contribution in [0.5, 0.6) is 0 Å². The first-order chi connectivity index (χ1) is 10.6. The van der Waals surface area contributed by atoms with Crippen LogP contribution in [0, 0.1) is 0 Å². The number of aliphatic hydroxyl groups excluding tert-OH is 2. The van der Waals surface area contributed by atoms with Crippen LogP contribution in [-0.2, 0) is 0 Å². The monoisotopic (exact) mass is 290 g/mol. The maximum atomic E-state index is 12.1. The zero-order chi connectivity index (χ0) is 15.4. The molecule has 2 N–H and O–H groups in total. The third kappa shape index (κ3) is 1.58. The van der Waals surface area contributed by atoms with Gasteiger partial charge in [0, 0.05) is 11.1 Å². The van der Waals surface area contributed by atoms with Gasteiger partial charge in [-0.15, -0.1) is 0 Å². The van der Waals surface area contributed by atoms with Crippen molar-refractivity contribution in [2.45, 2.75) is 0 Å². The van der Waals surface area contributed by atoms with Gasteiger partial charge in [-0.2, -0.15) is 0 Å². The molecule has 1 aliphatic carbocycles. The van der Waals surface area contributed by atoms with Crippen LogP contribution in [0.15, 0.2) is 60.0 Å². The fourth-order valence-electron chi connectivity index (χ4n) is 2.84. The lowest BCUT2D eigenvalue weighted by atomic mass is 9.89. The first kappa shape index (κ1) is 12.6. The molecule has 0 saturated carbocycles. The number of rotatable bonds is 0.